The molecule has 0 radical (unpaired) electrons. The van der Waals surface area contributed by atoms with Gasteiger partial charge >= 0.3 is 0 Å². The summed E-state index contributed by atoms with van der Waals surface area (Å²) in [7, 11) is 3.96. The summed E-state index contributed by atoms with van der Waals surface area (Å²) in [5.74, 6) is 0.977. The Bertz CT molecular complexity index is 939. The van der Waals surface area contributed by atoms with Crippen LogP contribution in [0.3, 0.4) is 0 Å². The molecule has 0 aliphatic rings. The van der Waals surface area contributed by atoms with Crippen LogP contribution in [0.15, 0.2) is 60.7 Å². The van der Waals surface area contributed by atoms with Gasteiger partial charge in [0.25, 0.3) is 5.91 Å². The van der Waals surface area contributed by atoms with Crippen LogP contribution in [0.2, 0.25) is 0 Å². The number of carbonyl (C=O) groups is 1. The molecule has 0 bridgehead atoms. The molecule has 3 aromatic rings. The average molecular weight is 390 g/mol. The molecule has 0 fully saturated rings. The predicted molar refractivity (Wildman–Crippen MR) is 119 cm³/mol. The molecule has 0 spiro atoms. The van der Waals surface area contributed by atoms with Gasteiger partial charge in [-0.25, -0.2) is 9.97 Å². The van der Waals surface area contributed by atoms with Gasteiger partial charge in [0.05, 0.1) is 0 Å². The minimum absolute atomic E-state index is 0.250. The molecule has 0 unspecified atom stereocenters. The van der Waals surface area contributed by atoms with Gasteiger partial charge in [-0.05, 0) is 49.6 Å². The van der Waals surface area contributed by atoms with Gasteiger partial charge in [-0.1, -0.05) is 30.3 Å². The Kier molecular flexibility index (Phi) is 6.79. The smallest absolute Gasteiger partial charge is 0.274 e. The Labute approximate surface area is 172 Å². The van der Waals surface area contributed by atoms with Crippen molar-refractivity contribution < 1.29 is 4.79 Å². The number of hydrogen-bond donors (Lipinski definition) is 2. The van der Waals surface area contributed by atoms with E-state index in [1.165, 1.54) is 5.56 Å². The van der Waals surface area contributed by atoms with Crippen molar-refractivity contribution in [3.63, 3.8) is 0 Å². The molecule has 6 nitrogen and oxygen atoms in total. The molecule has 1 aromatic heterocycles. The largest absolute Gasteiger partial charge is 0.378 e. The van der Waals surface area contributed by atoms with Crippen molar-refractivity contribution in [1.29, 1.82) is 0 Å². The maximum absolute atomic E-state index is 12.6. The van der Waals surface area contributed by atoms with E-state index in [0.717, 1.165) is 30.8 Å². The van der Waals surface area contributed by atoms with E-state index in [9.17, 15) is 4.79 Å². The van der Waals surface area contributed by atoms with Crippen LogP contribution in [0.4, 0.5) is 17.2 Å². The quantitative estimate of drug-likeness (QED) is 0.567. The molecule has 29 heavy (non-hydrogen) atoms. The van der Waals surface area contributed by atoms with Crippen LogP contribution in [-0.4, -0.2) is 36.5 Å². The molecule has 2 N–H and O–H groups in total. The Hall–Kier alpha value is -3.41. The molecule has 0 atom stereocenters. The number of rotatable bonds is 8. The topological polar surface area (TPSA) is 70.2 Å². The zero-order valence-electron chi connectivity index (χ0n) is 17.1. The van der Waals surface area contributed by atoms with Crippen LogP contribution in [-0.2, 0) is 6.42 Å². The number of hydrogen-bond acceptors (Lipinski definition) is 5. The lowest BCUT2D eigenvalue weighted by atomic mass is 10.1. The number of benzene rings is 2. The Morgan fingerprint density at radius 2 is 1.72 bits per heavy atom. The summed E-state index contributed by atoms with van der Waals surface area (Å²) in [5.41, 5.74) is 3.46. The number of nitrogens with zero attached hydrogens (tertiary/aromatic N) is 3. The number of anilines is 3. The van der Waals surface area contributed by atoms with Crippen LogP contribution >= 0.6 is 0 Å². The first-order valence-corrected chi connectivity index (χ1v) is 9.73. The van der Waals surface area contributed by atoms with E-state index in [2.05, 4.69) is 44.9 Å². The number of carbonyl (C=O) groups excluding carboxylic acids is 1. The summed E-state index contributed by atoms with van der Waals surface area (Å²) in [5, 5.41) is 6.19. The second-order valence-corrected chi connectivity index (χ2v) is 7.10. The fourth-order valence-electron chi connectivity index (χ4n) is 2.97. The lowest BCUT2D eigenvalue weighted by Gasteiger charge is -2.13. The van der Waals surface area contributed by atoms with E-state index >= 15 is 0 Å². The van der Waals surface area contributed by atoms with Crippen molar-refractivity contribution in [3.05, 3.63) is 77.7 Å². The SMILES string of the molecule is Cc1nc(NCCCc2ccccc2)cc(C(=O)Nc2ccc(N(C)C)cc2)n1. The molecule has 0 aliphatic carbocycles. The number of aromatic nitrogens is 2. The fourth-order valence-corrected chi connectivity index (χ4v) is 2.97. The minimum atomic E-state index is -0.250. The first kappa shape index (κ1) is 20.3. The number of amides is 1. The van der Waals surface area contributed by atoms with Crippen molar-refractivity contribution in [2.24, 2.45) is 0 Å². The molecule has 6 heteroatoms. The van der Waals surface area contributed by atoms with Crippen LogP contribution < -0.4 is 15.5 Å². The summed E-state index contributed by atoms with van der Waals surface area (Å²) < 4.78 is 0. The van der Waals surface area contributed by atoms with Crippen molar-refractivity contribution in [2.75, 3.05) is 36.2 Å². The molecule has 0 aliphatic heterocycles. The molecular weight excluding hydrogens is 362 g/mol. The lowest BCUT2D eigenvalue weighted by molar-refractivity contribution is 0.102. The van der Waals surface area contributed by atoms with Crippen molar-refractivity contribution in [1.82, 2.24) is 9.97 Å². The molecule has 0 saturated carbocycles. The number of aryl methyl sites for hydroxylation is 2. The highest BCUT2D eigenvalue weighted by molar-refractivity contribution is 6.03. The molecule has 1 heterocycles. The monoisotopic (exact) mass is 389 g/mol. The normalized spacial score (nSPS) is 10.4. The Morgan fingerprint density at radius 3 is 2.41 bits per heavy atom. The molecular formula is C23H27N5O. The zero-order chi connectivity index (χ0) is 20.6. The summed E-state index contributed by atoms with van der Waals surface area (Å²) in [6.07, 6.45) is 1.97. The first-order valence-electron chi connectivity index (χ1n) is 9.73. The second kappa shape index (κ2) is 9.68. The average Bonchev–Trinajstić information content (AvgIpc) is 2.72. The molecule has 0 saturated heterocycles. The van der Waals surface area contributed by atoms with Crippen LogP contribution in [0.1, 0.15) is 28.3 Å². The van der Waals surface area contributed by atoms with Gasteiger partial charge in [0.15, 0.2) is 0 Å². The van der Waals surface area contributed by atoms with E-state index in [0.29, 0.717) is 17.3 Å². The summed E-state index contributed by atoms with van der Waals surface area (Å²) >= 11 is 0. The summed E-state index contributed by atoms with van der Waals surface area (Å²) in [6, 6.07) is 19.7. The molecule has 150 valence electrons. The maximum atomic E-state index is 12.6. The molecule has 1 amide bonds. The predicted octanol–water partition coefficient (Wildman–Crippen LogP) is 4.15. The third-order valence-electron chi connectivity index (χ3n) is 4.50. The Balaban J connectivity index is 1.58. The van der Waals surface area contributed by atoms with Gasteiger partial charge in [0.1, 0.15) is 17.3 Å². The standard InChI is InChI=1S/C23H27N5O/c1-17-25-21(23(29)27-19-11-13-20(14-12-19)28(2)3)16-22(26-17)24-15-7-10-18-8-5-4-6-9-18/h4-6,8-9,11-14,16H,7,10,15H2,1-3H3,(H,27,29)(H,24,25,26). The summed E-state index contributed by atoms with van der Waals surface area (Å²) in [6.45, 7) is 2.57. The zero-order valence-corrected chi connectivity index (χ0v) is 17.1. The highest BCUT2D eigenvalue weighted by Crippen LogP contribution is 2.17. The maximum Gasteiger partial charge on any atom is 0.274 e. The third-order valence-corrected chi connectivity index (χ3v) is 4.50. The van der Waals surface area contributed by atoms with Crippen molar-refractivity contribution >= 4 is 23.1 Å². The van der Waals surface area contributed by atoms with Gasteiger partial charge < -0.3 is 15.5 Å². The van der Waals surface area contributed by atoms with Gasteiger partial charge in [0.2, 0.25) is 0 Å². The van der Waals surface area contributed by atoms with E-state index in [1.54, 1.807) is 13.0 Å². The van der Waals surface area contributed by atoms with Gasteiger partial charge in [0, 0.05) is 38.1 Å². The van der Waals surface area contributed by atoms with Gasteiger partial charge in [-0.2, -0.15) is 0 Å². The fraction of sp³-hybridized carbons (Fsp3) is 0.261. The third kappa shape index (κ3) is 6.04. The van der Waals surface area contributed by atoms with Gasteiger partial charge in [-0.15, -0.1) is 0 Å². The lowest BCUT2D eigenvalue weighted by Crippen LogP contribution is -2.16. The molecule has 3 rings (SSSR count). The second-order valence-electron chi connectivity index (χ2n) is 7.10. The van der Waals surface area contributed by atoms with Gasteiger partial charge in [-0.3, -0.25) is 4.79 Å². The summed E-state index contributed by atoms with van der Waals surface area (Å²) in [4.78, 5) is 23.3. The van der Waals surface area contributed by atoms with Crippen LogP contribution in [0.25, 0.3) is 0 Å². The van der Waals surface area contributed by atoms with E-state index in [1.807, 2.05) is 49.3 Å². The highest BCUT2D eigenvalue weighted by Gasteiger charge is 2.11. The van der Waals surface area contributed by atoms with Crippen LogP contribution in [0, 0.1) is 6.92 Å². The van der Waals surface area contributed by atoms with Crippen molar-refractivity contribution in [3.8, 4) is 0 Å². The first-order chi connectivity index (χ1) is 14.0. The minimum Gasteiger partial charge on any atom is -0.378 e. The van der Waals surface area contributed by atoms with Crippen LogP contribution in [0.5, 0.6) is 0 Å². The molecule has 2 aromatic carbocycles. The highest BCUT2D eigenvalue weighted by atomic mass is 16.1. The van der Waals surface area contributed by atoms with E-state index < -0.39 is 0 Å². The van der Waals surface area contributed by atoms with E-state index in [4.69, 9.17) is 0 Å². The van der Waals surface area contributed by atoms with E-state index in [-0.39, 0.29) is 5.91 Å². The van der Waals surface area contributed by atoms with Crippen molar-refractivity contribution in [2.45, 2.75) is 19.8 Å². The Morgan fingerprint density at radius 1 is 1.00 bits per heavy atom. The number of nitrogens with one attached hydrogen (secondary N) is 2.